The predicted molar refractivity (Wildman–Crippen MR) is 141 cm³/mol. The highest BCUT2D eigenvalue weighted by Gasteiger charge is 2.15. The first-order valence-corrected chi connectivity index (χ1v) is 14.6. The maximum absolute atomic E-state index is 4.44. The van der Waals surface area contributed by atoms with Crippen molar-refractivity contribution in [3.05, 3.63) is 109 Å². The zero-order valence-corrected chi connectivity index (χ0v) is 19.8. The van der Waals surface area contributed by atoms with Gasteiger partial charge in [-0.3, -0.25) is 4.98 Å². The molecule has 32 heavy (non-hydrogen) atoms. The van der Waals surface area contributed by atoms with E-state index in [0.717, 1.165) is 11.3 Å². The topological polar surface area (TPSA) is 12.9 Å². The quantitative estimate of drug-likeness (QED) is 0.266. The molecule has 1 nitrogen and oxygen atoms in total. The fourth-order valence-corrected chi connectivity index (χ4v) is 5.30. The van der Waals surface area contributed by atoms with Gasteiger partial charge in [0.15, 0.2) is 0 Å². The fourth-order valence-electron chi connectivity index (χ4n) is 4.13. The maximum Gasteiger partial charge on any atom is 0.0775 e. The van der Waals surface area contributed by atoms with Crippen molar-refractivity contribution < 1.29 is 0 Å². The first-order chi connectivity index (χ1) is 15.5. The minimum Gasteiger partial charge on any atom is -0.256 e. The van der Waals surface area contributed by atoms with Gasteiger partial charge in [0.2, 0.25) is 0 Å². The third kappa shape index (κ3) is 4.14. The lowest BCUT2D eigenvalue weighted by molar-refractivity contribution is 1.33. The Balaban J connectivity index is 1.43. The van der Waals surface area contributed by atoms with Crippen LogP contribution in [-0.2, 0) is 0 Å². The Morgan fingerprint density at radius 1 is 0.500 bits per heavy atom. The molecule has 1 heterocycles. The zero-order valence-electron chi connectivity index (χ0n) is 18.8. The van der Waals surface area contributed by atoms with E-state index in [9.17, 15) is 0 Å². The van der Waals surface area contributed by atoms with Crippen molar-refractivity contribution >= 4 is 24.0 Å². The molecule has 156 valence electrons. The first-order valence-electron chi connectivity index (χ1n) is 11.1. The molecule has 0 fully saturated rings. The Hall–Kier alpha value is -3.49. The number of nitrogens with zero attached hydrogens (tertiary/aromatic N) is 1. The molecular weight excluding hydrogens is 402 g/mol. The Kier molecular flexibility index (Phi) is 5.24. The Morgan fingerprint density at radius 3 is 1.50 bits per heavy atom. The average molecular weight is 430 g/mol. The molecule has 0 amide bonds. The third-order valence-corrected chi connectivity index (χ3v) is 8.17. The van der Waals surface area contributed by atoms with Crippen molar-refractivity contribution in [3.8, 4) is 33.5 Å². The van der Waals surface area contributed by atoms with Gasteiger partial charge in [0.25, 0.3) is 0 Å². The number of hydrogen-bond donors (Lipinski definition) is 0. The van der Waals surface area contributed by atoms with Crippen molar-refractivity contribution in [2.45, 2.75) is 19.6 Å². The summed E-state index contributed by atoms with van der Waals surface area (Å²) in [5.41, 5.74) is 7.15. The highest BCUT2D eigenvalue weighted by atomic mass is 28.3. The van der Waals surface area contributed by atoms with E-state index >= 15 is 0 Å². The molecule has 0 radical (unpaired) electrons. The second-order valence-corrected chi connectivity index (χ2v) is 14.5. The van der Waals surface area contributed by atoms with Gasteiger partial charge in [-0.05, 0) is 57.3 Å². The van der Waals surface area contributed by atoms with E-state index in [-0.39, 0.29) is 0 Å². The van der Waals surface area contributed by atoms with Crippen LogP contribution in [0.3, 0.4) is 0 Å². The molecule has 0 atom stereocenters. The van der Waals surface area contributed by atoms with Crippen molar-refractivity contribution in [2.24, 2.45) is 0 Å². The minimum absolute atomic E-state index is 1.00. The van der Waals surface area contributed by atoms with Crippen molar-refractivity contribution in [1.82, 2.24) is 4.98 Å². The van der Waals surface area contributed by atoms with Gasteiger partial charge < -0.3 is 0 Å². The van der Waals surface area contributed by atoms with Gasteiger partial charge in [0.05, 0.1) is 13.8 Å². The molecule has 0 spiro atoms. The van der Waals surface area contributed by atoms with Gasteiger partial charge in [0.1, 0.15) is 0 Å². The molecule has 0 N–H and O–H groups in total. The summed E-state index contributed by atoms with van der Waals surface area (Å²) < 4.78 is 0. The number of fused-ring (bicyclic) bond motifs is 1. The van der Waals surface area contributed by atoms with E-state index in [1.807, 2.05) is 24.4 Å². The van der Waals surface area contributed by atoms with Crippen LogP contribution in [0, 0.1) is 0 Å². The molecule has 2 heteroatoms. The van der Waals surface area contributed by atoms with Gasteiger partial charge in [-0.25, -0.2) is 0 Å². The maximum atomic E-state index is 4.44. The van der Waals surface area contributed by atoms with E-state index in [1.165, 1.54) is 38.2 Å². The summed E-state index contributed by atoms with van der Waals surface area (Å²) in [6.07, 6.45) is 1.83. The van der Waals surface area contributed by atoms with Crippen LogP contribution >= 0.6 is 0 Å². The number of hydrogen-bond acceptors (Lipinski definition) is 1. The van der Waals surface area contributed by atoms with Crippen molar-refractivity contribution in [3.63, 3.8) is 0 Å². The molecule has 0 saturated heterocycles. The van der Waals surface area contributed by atoms with Gasteiger partial charge in [-0.1, -0.05) is 104 Å². The summed E-state index contributed by atoms with van der Waals surface area (Å²) in [5.74, 6) is 0. The number of rotatable bonds is 4. The van der Waals surface area contributed by atoms with Crippen LogP contribution in [-0.4, -0.2) is 13.1 Å². The van der Waals surface area contributed by atoms with Crippen LogP contribution in [0.4, 0.5) is 0 Å². The molecular formula is C30H27NSi. The summed E-state index contributed by atoms with van der Waals surface area (Å²) >= 11 is 0. The lowest BCUT2D eigenvalue weighted by Crippen LogP contribution is -2.37. The molecule has 0 aliphatic heterocycles. The standard InChI is InChI=1S/C30H27NSi/c1-32(2,3)29-17-15-23(16-18-29)26-12-14-27-20-25(11-13-28(27)21-26)22-7-9-24(10-8-22)30-6-4-5-19-31-30/h4-21H,1-3H3. The Morgan fingerprint density at radius 2 is 1.00 bits per heavy atom. The van der Waals surface area contributed by atoms with Gasteiger partial charge in [-0.2, -0.15) is 0 Å². The molecule has 4 aromatic carbocycles. The number of pyridine rings is 1. The second kappa shape index (κ2) is 8.21. The van der Waals surface area contributed by atoms with E-state index in [1.54, 1.807) is 0 Å². The van der Waals surface area contributed by atoms with E-state index in [0.29, 0.717) is 0 Å². The summed E-state index contributed by atoms with van der Waals surface area (Å²) in [4.78, 5) is 4.44. The van der Waals surface area contributed by atoms with Crippen LogP contribution < -0.4 is 5.19 Å². The molecule has 5 rings (SSSR count). The molecule has 0 saturated carbocycles. The van der Waals surface area contributed by atoms with E-state index in [4.69, 9.17) is 0 Å². The summed E-state index contributed by atoms with van der Waals surface area (Å²) in [7, 11) is -1.27. The molecule has 0 aliphatic carbocycles. The predicted octanol–water partition coefficient (Wildman–Crippen LogP) is 7.78. The van der Waals surface area contributed by atoms with E-state index in [2.05, 4.69) is 110 Å². The molecule has 0 aliphatic rings. The van der Waals surface area contributed by atoms with Crippen molar-refractivity contribution in [2.75, 3.05) is 0 Å². The number of benzene rings is 4. The SMILES string of the molecule is C[Si](C)(C)c1ccc(-c2ccc3cc(-c4ccc(-c5ccccn5)cc4)ccc3c2)cc1. The van der Waals surface area contributed by atoms with Gasteiger partial charge >= 0.3 is 0 Å². The van der Waals surface area contributed by atoms with Gasteiger partial charge in [0, 0.05) is 11.8 Å². The molecule has 0 bridgehead atoms. The molecule has 1 aromatic heterocycles. The minimum atomic E-state index is -1.27. The Labute approximate surface area is 191 Å². The lowest BCUT2D eigenvalue weighted by Gasteiger charge is -2.17. The average Bonchev–Trinajstić information content (AvgIpc) is 2.83. The lowest BCUT2D eigenvalue weighted by atomic mass is 9.97. The first kappa shape index (κ1) is 20.4. The third-order valence-electron chi connectivity index (χ3n) is 6.10. The largest absolute Gasteiger partial charge is 0.256 e. The monoisotopic (exact) mass is 429 g/mol. The normalized spacial score (nSPS) is 11.6. The fraction of sp³-hybridized carbons (Fsp3) is 0.100. The van der Waals surface area contributed by atoms with Crippen molar-refractivity contribution in [1.29, 1.82) is 0 Å². The molecule has 5 aromatic rings. The summed E-state index contributed by atoms with van der Waals surface area (Å²) in [5, 5.41) is 4.03. The molecule has 0 unspecified atom stereocenters. The van der Waals surface area contributed by atoms with Crippen LogP contribution in [0.25, 0.3) is 44.3 Å². The van der Waals surface area contributed by atoms with Crippen LogP contribution in [0.5, 0.6) is 0 Å². The van der Waals surface area contributed by atoms with Gasteiger partial charge in [-0.15, -0.1) is 0 Å². The Bertz CT molecular complexity index is 1360. The number of aromatic nitrogens is 1. The van der Waals surface area contributed by atoms with Crippen LogP contribution in [0.15, 0.2) is 109 Å². The van der Waals surface area contributed by atoms with Crippen LogP contribution in [0.2, 0.25) is 19.6 Å². The van der Waals surface area contributed by atoms with E-state index < -0.39 is 8.07 Å². The summed E-state index contributed by atoms with van der Waals surface area (Å²) in [6, 6.07) is 37.3. The van der Waals surface area contributed by atoms with Crippen LogP contribution in [0.1, 0.15) is 0 Å². The highest BCUT2D eigenvalue weighted by molar-refractivity contribution is 6.88. The zero-order chi connectivity index (χ0) is 22.1. The summed E-state index contributed by atoms with van der Waals surface area (Å²) in [6.45, 7) is 7.17. The highest BCUT2D eigenvalue weighted by Crippen LogP contribution is 2.29. The second-order valence-electron chi connectivity index (χ2n) is 9.40. The smallest absolute Gasteiger partial charge is 0.0775 e.